The Morgan fingerprint density at radius 1 is 0.618 bits per heavy atom. The molecule has 0 N–H and O–H groups in total. The molecule has 0 heterocycles. The van der Waals surface area contributed by atoms with E-state index in [9.17, 15) is 4.57 Å². The van der Waals surface area contributed by atoms with E-state index in [4.69, 9.17) is 9.05 Å². The van der Waals surface area contributed by atoms with Gasteiger partial charge in [0, 0.05) is 0 Å². The van der Waals surface area contributed by atoms with Gasteiger partial charge in [-0.2, -0.15) is 0 Å². The number of hydrogen-bond donors (Lipinski definition) is 0. The van der Waals surface area contributed by atoms with Crippen LogP contribution in [0.2, 0.25) is 0 Å². The molecule has 3 aromatic carbocycles. The molecule has 182 valence electrons. The molecule has 0 radical (unpaired) electrons. The van der Waals surface area contributed by atoms with E-state index in [0.717, 1.165) is 0 Å². The van der Waals surface area contributed by atoms with E-state index in [1.165, 1.54) is 15.9 Å². The van der Waals surface area contributed by atoms with Gasteiger partial charge < -0.3 is 0 Å². The Labute approximate surface area is 211 Å². The molecule has 0 aliphatic carbocycles. The van der Waals surface area contributed by atoms with Crippen LogP contribution in [-0.2, 0) is 13.6 Å². The summed E-state index contributed by atoms with van der Waals surface area (Å²) in [5.74, 6) is -2.29. The van der Waals surface area contributed by atoms with Crippen LogP contribution in [0.25, 0.3) is 0 Å². The van der Waals surface area contributed by atoms with Gasteiger partial charge in [0.05, 0.1) is 0 Å². The molecule has 0 unspecified atom stereocenters. The predicted molar refractivity (Wildman–Crippen MR) is 149 cm³/mol. The zero-order valence-corrected chi connectivity index (χ0v) is 24.6. The first-order chi connectivity index (χ1) is 15.9. The summed E-state index contributed by atoms with van der Waals surface area (Å²) in [6, 6.07) is 31.6. The molecule has 0 fully saturated rings. The van der Waals surface area contributed by atoms with Crippen LogP contribution < -0.4 is 15.9 Å². The van der Waals surface area contributed by atoms with E-state index in [0.29, 0.717) is 13.2 Å². The molecule has 6 heteroatoms. The summed E-state index contributed by atoms with van der Waals surface area (Å²) in [5.41, 5.74) is -0.242. The molecule has 0 amide bonds. The first kappa shape index (κ1) is 27.3. The molecule has 0 saturated carbocycles. The van der Waals surface area contributed by atoms with Gasteiger partial charge in [0.2, 0.25) is 0 Å². The Balaban J connectivity index is 2.22. The summed E-state index contributed by atoms with van der Waals surface area (Å²) >= 11 is -0.486. The second-order valence-corrected chi connectivity index (χ2v) is 25.0. The van der Waals surface area contributed by atoms with Gasteiger partial charge in [-0.3, -0.25) is 0 Å². The van der Waals surface area contributed by atoms with Crippen molar-refractivity contribution in [1.82, 2.24) is 0 Å². The minimum absolute atomic E-state index is 0.121. The van der Waals surface area contributed by atoms with Crippen molar-refractivity contribution in [3.63, 3.8) is 0 Å². The number of rotatable bonds is 9. The number of benzene rings is 3. The van der Waals surface area contributed by atoms with Crippen molar-refractivity contribution in [2.45, 2.75) is 41.5 Å². The average molecular weight is 563 g/mol. The van der Waals surface area contributed by atoms with Crippen LogP contribution in [0.3, 0.4) is 0 Å². The summed E-state index contributed by atoms with van der Waals surface area (Å²) in [5, 5.41) is 3.60. The van der Waals surface area contributed by atoms with Crippen LogP contribution >= 0.6 is 12.2 Å². The Hall–Kier alpha value is -1.24. The monoisotopic (exact) mass is 563 g/mol. The normalized spacial score (nSPS) is 13.1. The van der Waals surface area contributed by atoms with Crippen LogP contribution in [0.15, 0.2) is 91.0 Å². The van der Waals surface area contributed by atoms with Gasteiger partial charge in [-0.1, -0.05) is 0 Å². The Kier molecular flexibility index (Phi) is 9.02. The van der Waals surface area contributed by atoms with E-state index in [2.05, 4.69) is 114 Å². The van der Waals surface area contributed by atoms with Crippen molar-refractivity contribution in [2.24, 2.45) is 10.8 Å². The predicted octanol–water partition coefficient (Wildman–Crippen LogP) is 6.83. The third-order valence-electron chi connectivity index (χ3n) is 4.89. The van der Waals surface area contributed by atoms with Crippen LogP contribution in [0.4, 0.5) is 0 Å². The molecule has 0 saturated heterocycles. The van der Waals surface area contributed by atoms with E-state index in [1.54, 1.807) is 0 Å². The molecular formula is C28H37O3P2Se+. The molecule has 0 aliphatic heterocycles. The summed E-state index contributed by atoms with van der Waals surface area (Å²) in [6.07, 6.45) is -3.42. The second-order valence-electron chi connectivity index (χ2n) is 10.8. The summed E-state index contributed by atoms with van der Waals surface area (Å²) in [4.78, 5) is 0. The van der Waals surface area contributed by atoms with Crippen molar-refractivity contribution in [1.29, 1.82) is 0 Å². The summed E-state index contributed by atoms with van der Waals surface area (Å²) < 4.78 is 27.2. The van der Waals surface area contributed by atoms with Gasteiger partial charge in [0.1, 0.15) is 0 Å². The van der Waals surface area contributed by atoms with Gasteiger partial charge in [-0.05, 0) is 0 Å². The third kappa shape index (κ3) is 7.38. The maximum absolute atomic E-state index is 14.7. The van der Waals surface area contributed by atoms with Gasteiger partial charge in [0.15, 0.2) is 0 Å². The Bertz CT molecular complexity index is 957. The van der Waals surface area contributed by atoms with Crippen molar-refractivity contribution >= 4 is 42.2 Å². The van der Waals surface area contributed by atoms with Crippen molar-refractivity contribution in [3.05, 3.63) is 91.0 Å². The van der Waals surface area contributed by atoms with Crippen LogP contribution in [0.1, 0.15) is 41.5 Å². The first-order valence-corrected chi connectivity index (χ1v) is 19.4. The van der Waals surface area contributed by atoms with E-state index < -0.39 is 26.3 Å². The van der Waals surface area contributed by atoms with Crippen molar-refractivity contribution in [3.8, 4) is 0 Å². The van der Waals surface area contributed by atoms with Crippen LogP contribution in [0, 0.1) is 10.8 Å². The fourth-order valence-corrected chi connectivity index (χ4v) is 25.6. The molecule has 0 aliphatic rings. The maximum atomic E-state index is 14.7. The first-order valence-electron chi connectivity index (χ1n) is 11.6. The fourth-order valence-electron chi connectivity index (χ4n) is 3.28. The topological polar surface area (TPSA) is 35.5 Å². The molecule has 0 bridgehead atoms. The third-order valence-corrected chi connectivity index (χ3v) is 24.3. The SMILES string of the molecule is CC(C)(C)COP(=O)(OCC(C)(C)C)[Se][P+](c1ccccc1)(c1ccccc1)c1ccccc1. The van der Waals surface area contributed by atoms with Gasteiger partial charge in [-0.25, -0.2) is 0 Å². The standard InChI is InChI=1S/C28H37O3P2Se/c1-27(2,3)22-30-33(29,31-23-28(4,5)6)34-32(24-16-10-7-11-17-24,25-18-12-8-13-19-25)26-20-14-9-15-21-26/h7-21H,22-23H2,1-6H3/q+1. The van der Waals surface area contributed by atoms with E-state index >= 15 is 0 Å². The minimum atomic E-state index is -3.42. The van der Waals surface area contributed by atoms with Gasteiger partial charge in [0.25, 0.3) is 0 Å². The van der Waals surface area contributed by atoms with Gasteiger partial charge >= 0.3 is 212 Å². The molecule has 0 aromatic heterocycles. The van der Waals surface area contributed by atoms with Gasteiger partial charge in [-0.15, -0.1) is 0 Å². The zero-order valence-electron chi connectivity index (χ0n) is 21.1. The van der Waals surface area contributed by atoms with E-state index in [-0.39, 0.29) is 10.8 Å². The molecule has 0 spiro atoms. The van der Waals surface area contributed by atoms with Crippen molar-refractivity contribution in [2.75, 3.05) is 13.2 Å². The van der Waals surface area contributed by atoms with Crippen molar-refractivity contribution < 1.29 is 13.6 Å². The molecule has 3 aromatic rings. The Morgan fingerprint density at radius 3 is 1.18 bits per heavy atom. The average Bonchev–Trinajstić information content (AvgIpc) is 2.81. The quantitative estimate of drug-likeness (QED) is 0.212. The molecule has 3 nitrogen and oxygen atoms in total. The van der Waals surface area contributed by atoms with Crippen LogP contribution in [-0.4, -0.2) is 27.3 Å². The summed E-state index contributed by atoms with van der Waals surface area (Å²) in [6.45, 7) is 13.4. The summed E-state index contributed by atoms with van der Waals surface area (Å²) in [7, 11) is 0. The molecule has 3 rings (SSSR count). The van der Waals surface area contributed by atoms with E-state index in [1.807, 2.05) is 18.2 Å². The zero-order chi connectivity index (χ0) is 24.9. The molecule has 0 atom stereocenters. The second kappa shape index (κ2) is 11.2. The molecular weight excluding hydrogens is 525 g/mol. The fraction of sp³-hybridized carbons (Fsp3) is 0.357. The molecule has 34 heavy (non-hydrogen) atoms. The number of hydrogen-bond acceptors (Lipinski definition) is 3. The van der Waals surface area contributed by atoms with Crippen LogP contribution in [0.5, 0.6) is 0 Å². The Morgan fingerprint density at radius 2 is 0.912 bits per heavy atom.